The van der Waals surface area contributed by atoms with Gasteiger partial charge in [-0.1, -0.05) is 49.4 Å². The molecule has 0 aromatic heterocycles. The minimum atomic E-state index is -0.858. The molecule has 1 N–H and O–H groups in total. The highest BCUT2D eigenvalue weighted by Crippen LogP contribution is 2.28. The SMILES string of the molecule is CCC(C(=O)O)c1ccc(-c2ccccc2)c(C#N)c1. The van der Waals surface area contributed by atoms with Gasteiger partial charge in [-0.15, -0.1) is 0 Å². The smallest absolute Gasteiger partial charge is 0.310 e. The molecule has 0 saturated heterocycles. The number of rotatable bonds is 4. The van der Waals surface area contributed by atoms with E-state index in [2.05, 4.69) is 6.07 Å². The van der Waals surface area contributed by atoms with Crippen molar-refractivity contribution >= 4 is 5.97 Å². The first-order valence-corrected chi connectivity index (χ1v) is 6.49. The average Bonchev–Trinajstić information content (AvgIpc) is 2.48. The molecule has 2 rings (SSSR count). The van der Waals surface area contributed by atoms with E-state index in [4.69, 9.17) is 0 Å². The molecule has 0 aliphatic carbocycles. The van der Waals surface area contributed by atoms with E-state index in [-0.39, 0.29) is 0 Å². The molecule has 0 radical (unpaired) electrons. The lowest BCUT2D eigenvalue weighted by Gasteiger charge is -2.12. The Bertz CT molecular complexity index is 656. The number of hydrogen-bond donors (Lipinski definition) is 1. The molecule has 0 aliphatic heterocycles. The van der Waals surface area contributed by atoms with Crippen molar-refractivity contribution < 1.29 is 9.90 Å². The molecule has 0 bridgehead atoms. The van der Waals surface area contributed by atoms with Crippen molar-refractivity contribution in [1.82, 2.24) is 0 Å². The summed E-state index contributed by atoms with van der Waals surface area (Å²) in [6.45, 7) is 1.83. The minimum absolute atomic E-state index is 0.505. The first kappa shape index (κ1) is 13.8. The maximum absolute atomic E-state index is 11.2. The van der Waals surface area contributed by atoms with Gasteiger partial charge in [-0.05, 0) is 29.2 Å². The Balaban J connectivity index is 2.49. The van der Waals surface area contributed by atoms with E-state index < -0.39 is 11.9 Å². The van der Waals surface area contributed by atoms with Gasteiger partial charge in [0.2, 0.25) is 0 Å². The number of hydrogen-bond acceptors (Lipinski definition) is 2. The predicted octanol–water partition coefficient (Wildman–Crippen LogP) is 3.80. The normalized spacial score (nSPS) is 11.6. The second-order valence-electron chi connectivity index (χ2n) is 4.58. The van der Waals surface area contributed by atoms with Gasteiger partial charge in [0.25, 0.3) is 0 Å². The molecule has 1 atom stereocenters. The first-order valence-electron chi connectivity index (χ1n) is 6.49. The molecule has 2 aromatic carbocycles. The number of nitriles is 1. The van der Waals surface area contributed by atoms with Crippen molar-refractivity contribution in [3.05, 3.63) is 59.7 Å². The van der Waals surface area contributed by atoms with E-state index in [1.165, 1.54) is 0 Å². The van der Waals surface area contributed by atoms with Gasteiger partial charge in [0.1, 0.15) is 0 Å². The van der Waals surface area contributed by atoms with Gasteiger partial charge < -0.3 is 5.11 Å². The minimum Gasteiger partial charge on any atom is -0.481 e. The summed E-state index contributed by atoms with van der Waals surface area (Å²) in [5, 5.41) is 18.5. The highest BCUT2D eigenvalue weighted by molar-refractivity contribution is 5.78. The highest BCUT2D eigenvalue weighted by atomic mass is 16.4. The summed E-state index contributed by atoms with van der Waals surface area (Å²) in [4.78, 5) is 11.2. The Morgan fingerprint density at radius 1 is 1.25 bits per heavy atom. The van der Waals surface area contributed by atoms with Gasteiger partial charge in [0.05, 0.1) is 17.6 Å². The van der Waals surface area contributed by atoms with E-state index in [0.717, 1.165) is 11.1 Å². The lowest BCUT2D eigenvalue weighted by Crippen LogP contribution is -2.10. The quantitative estimate of drug-likeness (QED) is 0.914. The van der Waals surface area contributed by atoms with Gasteiger partial charge in [0.15, 0.2) is 0 Å². The van der Waals surface area contributed by atoms with Gasteiger partial charge in [-0.25, -0.2) is 0 Å². The van der Waals surface area contributed by atoms with Crippen LogP contribution in [0.3, 0.4) is 0 Å². The van der Waals surface area contributed by atoms with Crippen molar-refractivity contribution in [1.29, 1.82) is 5.26 Å². The standard InChI is InChI=1S/C17H15NO2/c1-2-15(17(19)20)13-8-9-16(14(10-13)11-18)12-6-4-3-5-7-12/h3-10,15H,2H2,1H3,(H,19,20). The summed E-state index contributed by atoms with van der Waals surface area (Å²) >= 11 is 0. The molecular formula is C17H15NO2. The fraction of sp³-hybridized carbons (Fsp3) is 0.176. The maximum atomic E-state index is 11.2. The lowest BCUT2D eigenvalue weighted by atomic mass is 9.91. The topological polar surface area (TPSA) is 61.1 Å². The van der Waals surface area contributed by atoms with Crippen molar-refractivity contribution in [2.24, 2.45) is 0 Å². The number of nitrogens with zero attached hydrogens (tertiary/aromatic N) is 1. The third kappa shape index (κ3) is 2.70. The Morgan fingerprint density at radius 3 is 2.50 bits per heavy atom. The summed E-state index contributed by atoms with van der Waals surface area (Å²) in [5.41, 5.74) is 2.97. The predicted molar refractivity (Wildman–Crippen MR) is 77.3 cm³/mol. The van der Waals surface area contributed by atoms with E-state index in [1.807, 2.05) is 43.3 Å². The van der Waals surface area contributed by atoms with Crippen LogP contribution in [0.4, 0.5) is 0 Å². The van der Waals surface area contributed by atoms with E-state index >= 15 is 0 Å². The fourth-order valence-electron chi connectivity index (χ4n) is 2.29. The van der Waals surface area contributed by atoms with Crippen LogP contribution >= 0.6 is 0 Å². The molecule has 1 unspecified atom stereocenters. The van der Waals surface area contributed by atoms with Crippen LogP contribution in [0, 0.1) is 11.3 Å². The second-order valence-corrected chi connectivity index (χ2v) is 4.58. The summed E-state index contributed by atoms with van der Waals surface area (Å²) in [6.07, 6.45) is 0.505. The number of carboxylic acid groups (broad SMARTS) is 1. The zero-order valence-corrected chi connectivity index (χ0v) is 11.2. The number of benzene rings is 2. The fourth-order valence-corrected chi connectivity index (χ4v) is 2.29. The number of aliphatic carboxylic acids is 1. The van der Waals surface area contributed by atoms with Crippen molar-refractivity contribution in [2.75, 3.05) is 0 Å². The molecule has 0 spiro atoms. The van der Waals surface area contributed by atoms with Gasteiger partial charge in [0, 0.05) is 0 Å². The van der Waals surface area contributed by atoms with Crippen molar-refractivity contribution in [3.63, 3.8) is 0 Å². The van der Waals surface area contributed by atoms with Crippen LogP contribution in [0.2, 0.25) is 0 Å². The average molecular weight is 265 g/mol. The zero-order valence-electron chi connectivity index (χ0n) is 11.2. The van der Waals surface area contributed by atoms with E-state index in [1.54, 1.807) is 12.1 Å². The lowest BCUT2D eigenvalue weighted by molar-refractivity contribution is -0.138. The molecule has 100 valence electrons. The summed E-state index contributed by atoms with van der Waals surface area (Å²) in [5.74, 6) is -1.42. The largest absolute Gasteiger partial charge is 0.481 e. The summed E-state index contributed by atoms with van der Waals surface area (Å²) in [7, 11) is 0. The Hall–Kier alpha value is -2.60. The number of carbonyl (C=O) groups is 1. The van der Waals surface area contributed by atoms with Gasteiger partial charge in [-0.2, -0.15) is 5.26 Å². The Labute approximate surface area is 118 Å². The van der Waals surface area contributed by atoms with Crippen LogP contribution < -0.4 is 0 Å². The van der Waals surface area contributed by atoms with Gasteiger partial charge in [-0.3, -0.25) is 4.79 Å². The third-order valence-corrected chi connectivity index (χ3v) is 3.36. The molecule has 0 amide bonds. The molecule has 0 saturated carbocycles. The molecule has 3 nitrogen and oxygen atoms in total. The van der Waals surface area contributed by atoms with Crippen LogP contribution in [0.1, 0.15) is 30.4 Å². The molecule has 0 aliphatic rings. The monoisotopic (exact) mass is 265 g/mol. The first-order chi connectivity index (χ1) is 9.67. The van der Waals surface area contributed by atoms with Crippen LogP contribution in [-0.2, 0) is 4.79 Å². The highest BCUT2D eigenvalue weighted by Gasteiger charge is 2.18. The van der Waals surface area contributed by atoms with Crippen molar-refractivity contribution in [2.45, 2.75) is 19.3 Å². The molecule has 20 heavy (non-hydrogen) atoms. The maximum Gasteiger partial charge on any atom is 0.310 e. The van der Waals surface area contributed by atoms with E-state index in [9.17, 15) is 15.2 Å². The summed E-state index contributed by atoms with van der Waals surface area (Å²) < 4.78 is 0. The van der Waals surface area contributed by atoms with Crippen LogP contribution in [0.25, 0.3) is 11.1 Å². The van der Waals surface area contributed by atoms with Crippen LogP contribution in [0.5, 0.6) is 0 Å². The van der Waals surface area contributed by atoms with Gasteiger partial charge >= 0.3 is 5.97 Å². The second kappa shape index (κ2) is 6.03. The van der Waals surface area contributed by atoms with Crippen LogP contribution in [0.15, 0.2) is 48.5 Å². The molecule has 0 fully saturated rings. The third-order valence-electron chi connectivity index (χ3n) is 3.36. The Morgan fingerprint density at radius 2 is 1.95 bits per heavy atom. The van der Waals surface area contributed by atoms with Crippen molar-refractivity contribution in [3.8, 4) is 17.2 Å². The molecular weight excluding hydrogens is 250 g/mol. The summed E-state index contributed by atoms with van der Waals surface area (Å²) in [6, 6.07) is 17.1. The molecule has 0 heterocycles. The van der Waals surface area contributed by atoms with Crippen LogP contribution in [-0.4, -0.2) is 11.1 Å². The molecule has 2 aromatic rings. The number of carboxylic acids is 1. The zero-order chi connectivity index (χ0) is 14.5. The van der Waals surface area contributed by atoms with E-state index in [0.29, 0.717) is 17.5 Å². The Kier molecular flexibility index (Phi) is 4.17. The molecule has 3 heteroatoms.